The minimum Gasteiger partial charge on any atom is -0.377 e. The van der Waals surface area contributed by atoms with Crippen molar-refractivity contribution in [3.63, 3.8) is 0 Å². The van der Waals surface area contributed by atoms with Gasteiger partial charge in [-0.05, 0) is 12.8 Å². The van der Waals surface area contributed by atoms with Gasteiger partial charge in [0.25, 0.3) is 0 Å². The third-order valence-electron chi connectivity index (χ3n) is 5.30. The molecule has 0 aromatic rings. The lowest BCUT2D eigenvalue weighted by Crippen LogP contribution is -2.31. The second kappa shape index (κ2) is 30.2. The molecule has 0 aliphatic heterocycles. The van der Waals surface area contributed by atoms with Gasteiger partial charge in [-0.25, -0.2) is 0 Å². The van der Waals surface area contributed by atoms with Crippen LogP contribution in [0.5, 0.6) is 0 Å². The Morgan fingerprint density at radius 1 is 0.553 bits per heavy atom. The molecule has 38 heavy (non-hydrogen) atoms. The average Bonchev–Trinajstić information content (AvgIpc) is 2.92. The lowest BCUT2D eigenvalue weighted by molar-refractivity contribution is -0.126. The van der Waals surface area contributed by atoms with Crippen LogP contribution < -0.4 is 16.0 Å². The standard InChI is InChI=1S/C26H47IN3O8/c27-22-25(33)28-11-9-7-5-3-1-2-4-6-8-10-24(32)29-12-15-36-20-21-38-23-26(34)30-13-16-35-18-19-37-17-14-31/h1-13,15-23H2,(H,28,33)(H,29,32)(H,30,34). The van der Waals surface area contributed by atoms with Gasteiger partial charge in [-0.2, -0.15) is 0 Å². The number of amides is 3. The maximum atomic E-state index is 11.9. The van der Waals surface area contributed by atoms with E-state index in [0.717, 1.165) is 38.6 Å². The molecule has 0 spiro atoms. The molecule has 0 heterocycles. The van der Waals surface area contributed by atoms with Gasteiger partial charge in [0.15, 0.2) is 0 Å². The fourth-order valence-corrected chi connectivity index (χ4v) is 3.58. The van der Waals surface area contributed by atoms with Gasteiger partial charge < -0.3 is 34.9 Å². The highest BCUT2D eigenvalue weighted by Gasteiger charge is 2.03. The number of halogens is 1. The van der Waals surface area contributed by atoms with Crippen LogP contribution >= 0.6 is 22.6 Å². The molecule has 0 aromatic carbocycles. The van der Waals surface area contributed by atoms with Crippen LogP contribution in [0.2, 0.25) is 0 Å². The molecule has 12 heteroatoms. The van der Waals surface area contributed by atoms with E-state index in [9.17, 15) is 19.2 Å². The number of alkyl halides is 1. The maximum absolute atomic E-state index is 11.9. The molecule has 0 saturated carbocycles. The molecule has 3 N–H and O–H groups in total. The predicted molar refractivity (Wildman–Crippen MR) is 153 cm³/mol. The van der Waals surface area contributed by atoms with Crippen molar-refractivity contribution in [2.24, 2.45) is 0 Å². The summed E-state index contributed by atoms with van der Waals surface area (Å²) < 4.78 is 21.3. The van der Waals surface area contributed by atoms with E-state index in [1.54, 1.807) is 6.29 Å². The Bertz CT molecular complexity index is 599. The van der Waals surface area contributed by atoms with E-state index in [1.165, 1.54) is 25.7 Å². The Morgan fingerprint density at radius 2 is 1.05 bits per heavy atom. The Balaban J connectivity index is 3.27. The molecule has 0 aliphatic rings. The molecular weight excluding hydrogens is 609 g/mol. The second-order valence-corrected chi connectivity index (χ2v) is 9.35. The van der Waals surface area contributed by atoms with E-state index in [0.29, 0.717) is 63.6 Å². The number of unbranched alkanes of at least 4 members (excludes halogenated alkanes) is 8. The van der Waals surface area contributed by atoms with Crippen molar-refractivity contribution in [3.8, 4) is 0 Å². The summed E-state index contributed by atoms with van der Waals surface area (Å²) >= 11 is 2.07. The summed E-state index contributed by atoms with van der Waals surface area (Å²) in [7, 11) is 0. The fraction of sp³-hybridized carbons (Fsp3) is 0.846. The van der Waals surface area contributed by atoms with Crippen molar-refractivity contribution in [1.82, 2.24) is 16.0 Å². The highest BCUT2D eigenvalue weighted by molar-refractivity contribution is 14.1. The van der Waals surface area contributed by atoms with Gasteiger partial charge in [-0.3, -0.25) is 19.2 Å². The molecule has 0 rings (SSSR count). The molecule has 0 bridgehead atoms. The highest BCUT2D eigenvalue weighted by Crippen LogP contribution is 2.10. The number of rotatable bonds is 29. The van der Waals surface area contributed by atoms with Gasteiger partial charge in [-0.15, -0.1) is 0 Å². The first-order valence-corrected chi connectivity index (χ1v) is 15.1. The number of carbonyl (C=O) groups excluding carboxylic acids is 4. The first-order chi connectivity index (χ1) is 18.6. The average molecular weight is 657 g/mol. The first kappa shape index (κ1) is 36.6. The highest BCUT2D eigenvalue weighted by atomic mass is 127. The summed E-state index contributed by atoms with van der Waals surface area (Å²) in [6, 6.07) is 0. The van der Waals surface area contributed by atoms with Crippen LogP contribution in [-0.2, 0) is 38.1 Å². The Hall–Kier alpha value is -1.35. The zero-order valence-electron chi connectivity index (χ0n) is 22.7. The lowest BCUT2D eigenvalue weighted by Gasteiger charge is -2.08. The molecule has 0 atom stereocenters. The summed E-state index contributed by atoms with van der Waals surface area (Å²) in [5.74, 6) is -0.0745. The predicted octanol–water partition coefficient (Wildman–Crippen LogP) is 1.85. The first-order valence-electron chi connectivity index (χ1n) is 13.6. The van der Waals surface area contributed by atoms with Gasteiger partial charge in [0, 0.05) is 26.1 Å². The van der Waals surface area contributed by atoms with E-state index in [2.05, 4.69) is 38.5 Å². The monoisotopic (exact) mass is 656 g/mol. The van der Waals surface area contributed by atoms with Gasteiger partial charge in [0.2, 0.25) is 24.0 Å². The summed E-state index contributed by atoms with van der Waals surface area (Å²) in [5.41, 5.74) is 0. The molecule has 0 aliphatic carbocycles. The molecule has 11 nitrogen and oxygen atoms in total. The summed E-state index contributed by atoms with van der Waals surface area (Å²) in [6.07, 6.45) is 12.4. The number of carbonyl (C=O) groups is 3. The fourth-order valence-electron chi connectivity index (χ4n) is 3.31. The Kier molecular flexibility index (Phi) is 29.1. The maximum Gasteiger partial charge on any atom is 0.246 e. The third kappa shape index (κ3) is 29.2. The molecule has 1 radical (unpaired) electrons. The second-order valence-electron chi connectivity index (χ2n) is 8.59. The van der Waals surface area contributed by atoms with Crippen LogP contribution in [0.25, 0.3) is 0 Å². The van der Waals surface area contributed by atoms with Gasteiger partial charge >= 0.3 is 0 Å². The van der Waals surface area contributed by atoms with Crippen molar-refractivity contribution in [3.05, 3.63) is 0 Å². The minimum atomic E-state index is -0.238. The van der Waals surface area contributed by atoms with Crippen molar-refractivity contribution >= 4 is 46.6 Å². The number of nitrogens with one attached hydrogen (secondary N) is 3. The van der Waals surface area contributed by atoms with Crippen LogP contribution in [0, 0.1) is 0 Å². The van der Waals surface area contributed by atoms with Crippen LogP contribution in [0.3, 0.4) is 0 Å². The van der Waals surface area contributed by atoms with E-state index < -0.39 is 0 Å². The minimum absolute atomic E-state index is 0.0483. The van der Waals surface area contributed by atoms with Crippen LogP contribution in [-0.4, -0.2) is 101 Å². The van der Waals surface area contributed by atoms with Crippen molar-refractivity contribution in [2.45, 2.75) is 64.2 Å². The number of hydrogen-bond donors (Lipinski definition) is 3. The van der Waals surface area contributed by atoms with E-state index >= 15 is 0 Å². The molecule has 221 valence electrons. The zero-order chi connectivity index (χ0) is 27.9. The summed E-state index contributed by atoms with van der Waals surface area (Å²) in [5, 5.41) is 8.41. The smallest absolute Gasteiger partial charge is 0.246 e. The summed E-state index contributed by atoms with van der Waals surface area (Å²) in [6.45, 7) is 3.52. The van der Waals surface area contributed by atoms with Crippen molar-refractivity contribution < 1.29 is 38.1 Å². The Labute approximate surface area is 241 Å². The topological polar surface area (TPSA) is 141 Å². The molecule has 0 unspecified atom stereocenters. The van der Waals surface area contributed by atoms with E-state index in [4.69, 9.17) is 18.9 Å². The zero-order valence-corrected chi connectivity index (χ0v) is 24.9. The molecular formula is C26H47IN3O8. The van der Waals surface area contributed by atoms with E-state index in [1.807, 2.05) is 0 Å². The van der Waals surface area contributed by atoms with E-state index in [-0.39, 0.29) is 30.9 Å². The molecule has 0 saturated heterocycles. The van der Waals surface area contributed by atoms with Crippen LogP contribution in [0.1, 0.15) is 64.2 Å². The van der Waals surface area contributed by atoms with Crippen LogP contribution in [0.15, 0.2) is 0 Å². The molecule has 0 fully saturated rings. The largest absolute Gasteiger partial charge is 0.377 e. The quantitative estimate of drug-likeness (QED) is 0.0630. The van der Waals surface area contributed by atoms with Crippen molar-refractivity contribution in [1.29, 1.82) is 0 Å². The number of hydrogen-bond acceptors (Lipinski definition) is 8. The normalized spacial score (nSPS) is 10.8. The van der Waals surface area contributed by atoms with Crippen LogP contribution in [0.4, 0.5) is 0 Å². The third-order valence-corrected chi connectivity index (χ3v) is 5.99. The van der Waals surface area contributed by atoms with Crippen molar-refractivity contribution in [2.75, 3.05) is 76.9 Å². The lowest BCUT2D eigenvalue weighted by atomic mass is 10.1. The Morgan fingerprint density at radius 3 is 1.66 bits per heavy atom. The molecule has 3 amide bonds. The SMILES string of the molecule is O=[C]COCCOCCNC(=O)COCCOCCNC(=O)CCCCCCCCCCCNC(=O)CI. The van der Waals surface area contributed by atoms with Gasteiger partial charge in [0.1, 0.15) is 13.2 Å². The summed E-state index contributed by atoms with van der Waals surface area (Å²) in [4.78, 5) is 44.5. The molecule has 0 aromatic heterocycles. The van der Waals surface area contributed by atoms with Gasteiger partial charge in [0.05, 0.1) is 44.1 Å². The number of ether oxygens (including phenoxy) is 4. The van der Waals surface area contributed by atoms with Gasteiger partial charge in [-0.1, -0.05) is 67.5 Å².